The number of methoxy groups -OCH3 is 1. The maximum absolute atomic E-state index is 5.08. The highest BCUT2D eigenvalue weighted by Crippen LogP contribution is 2.00. The van der Waals surface area contributed by atoms with Crippen molar-refractivity contribution in [3.63, 3.8) is 0 Å². The number of rotatable bonds is 5. The van der Waals surface area contributed by atoms with E-state index in [0.717, 1.165) is 17.8 Å². The molecule has 0 amide bonds. The van der Waals surface area contributed by atoms with Crippen molar-refractivity contribution in [1.29, 1.82) is 0 Å². The van der Waals surface area contributed by atoms with Crippen LogP contribution >= 0.6 is 0 Å². The van der Waals surface area contributed by atoms with Gasteiger partial charge in [-0.15, -0.1) is 0 Å². The molecular weight excluding hydrogens is 178 g/mol. The summed E-state index contributed by atoms with van der Waals surface area (Å²) in [6, 6.07) is 4.28. The molecule has 0 saturated heterocycles. The van der Waals surface area contributed by atoms with Gasteiger partial charge in [0, 0.05) is 19.6 Å². The molecule has 0 radical (unpaired) electrons. The summed E-state index contributed by atoms with van der Waals surface area (Å²) in [5, 5.41) is 11.3. The van der Waals surface area contributed by atoms with Gasteiger partial charge >= 0.3 is 0 Å². The molecule has 1 heterocycles. The molecule has 0 fully saturated rings. The van der Waals surface area contributed by atoms with Crippen LogP contribution in [0.5, 0.6) is 0 Å². The van der Waals surface area contributed by atoms with E-state index in [1.54, 1.807) is 7.11 Å². The van der Waals surface area contributed by atoms with Crippen molar-refractivity contribution in [1.82, 2.24) is 15.5 Å². The highest BCUT2D eigenvalue weighted by atomic mass is 16.5. The number of nitrogens with one attached hydrogen (secondary N) is 1. The molecule has 4 heteroatoms. The van der Waals surface area contributed by atoms with Crippen molar-refractivity contribution in [2.75, 3.05) is 20.8 Å². The van der Waals surface area contributed by atoms with Gasteiger partial charge in [-0.2, -0.15) is 10.2 Å². The molecule has 0 spiro atoms. The van der Waals surface area contributed by atoms with E-state index >= 15 is 0 Å². The zero-order valence-corrected chi connectivity index (χ0v) is 8.95. The first-order chi connectivity index (χ1) is 6.76. The lowest BCUT2D eigenvalue weighted by Crippen LogP contribution is -2.32. The zero-order valence-electron chi connectivity index (χ0n) is 8.95. The third-order valence-electron chi connectivity index (χ3n) is 2.08. The highest BCUT2D eigenvalue weighted by molar-refractivity contribution is 5.06. The minimum absolute atomic E-state index is 0.303. The largest absolute Gasteiger partial charge is 0.383 e. The minimum Gasteiger partial charge on any atom is -0.383 e. The Morgan fingerprint density at radius 3 is 2.71 bits per heavy atom. The van der Waals surface area contributed by atoms with Crippen LogP contribution in [-0.2, 0) is 11.2 Å². The van der Waals surface area contributed by atoms with Gasteiger partial charge in [-0.3, -0.25) is 0 Å². The van der Waals surface area contributed by atoms with Crippen LogP contribution in [0.2, 0.25) is 0 Å². The summed E-state index contributed by atoms with van der Waals surface area (Å²) < 4.78 is 5.08. The van der Waals surface area contributed by atoms with E-state index in [1.165, 1.54) is 0 Å². The average molecular weight is 195 g/mol. The van der Waals surface area contributed by atoms with E-state index in [2.05, 4.69) is 15.5 Å². The van der Waals surface area contributed by atoms with E-state index in [1.807, 2.05) is 26.1 Å². The first-order valence-corrected chi connectivity index (χ1v) is 4.71. The molecule has 0 saturated carbocycles. The van der Waals surface area contributed by atoms with Gasteiger partial charge in [-0.1, -0.05) is 0 Å². The molecule has 1 aromatic heterocycles. The van der Waals surface area contributed by atoms with E-state index in [9.17, 15) is 0 Å². The van der Waals surface area contributed by atoms with E-state index < -0.39 is 0 Å². The van der Waals surface area contributed by atoms with E-state index in [0.29, 0.717) is 12.6 Å². The topological polar surface area (TPSA) is 47.0 Å². The van der Waals surface area contributed by atoms with Crippen LogP contribution < -0.4 is 5.32 Å². The van der Waals surface area contributed by atoms with Crippen molar-refractivity contribution in [2.45, 2.75) is 19.4 Å². The van der Waals surface area contributed by atoms with Gasteiger partial charge < -0.3 is 10.1 Å². The van der Waals surface area contributed by atoms with E-state index in [-0.39, 0.29) is 0 Å². The molecule has 1 aromatic rings. The molecular formula is C10H17N3O. The smallest absolute Gasteiger partial charge is 0.0647 e. The number of hydrogen-bond donors (Lipinski definition) is 1. The monoisotopic (exact) mass is 195 g/mol. The molecule has 0 aliphatic rings. The summed E-state index contributed by atoms with van der Waals surface area (Å²) in [6.45, 7) is 2.62. The van der Waals surface area contributed by atoms with Gasteiger partial charge in [-0.05, 0) is 26.1 Å². The third kappa shape index (κ3) is 3.40. The van der Waals surface area contributed by atoms with Crippen molar-refractivity contribution < 1.29 is 4.74 Å². The molecule has 4 nitrogen and oxygen atoms in total. The number of ether oxygens (including phenoxy) is 1. The second kappa shape index (κ2) is 5.67. The Morgan fingerprint density at radius 1 is 1.43 bits per heavy atom. The van der Waals surface area contributed by atoms with Gasteiger partial charge in [0.2, 0.25) is 0 Å². The fraction of sp³-hybridized carbons (Fsp3) is 0.600. The van der Waals surface area contributed by atoms with E-state index in [4.69, 9.17) is 4.74 Å². The first kappa shape index (κ1) is 11.1. The summed E-state index contributed by atoms with van der Waals surface area (Å²) in [6.07, 6.45) is 0.845. The minimum atomic E-state index is 0.303. The Kier molecular flexibility index (Phi) is 4.49. The SMILES string of the molecule is CNC(COC)Cc1ccc(C)nn1. The lowest BCUT2D eigenvalue weighted by molar-refractivity contribution is 0.169. The van der Waals surface area contributed by atoms with Crippen molar-refractivity contribution in [3.8, 4) is 0 Å². The second-order valence-corrected chi connectivity index (χ2v) is 3.31. The summed E-state index contributed by atoms with van der Waals surface area (Å²) in [4.78, 5) is 0. The standard InChI is InChI=1S/C10H17N3O/c1-8-4-5-9(13-12-8)6-10(11-2)7-14-3/h4-5,10-11H,6-7H2,1-3H3. The van der Waals surface area contributed by atoms with Crippen LogP contribution in [0, 0.1) is 6.92 Å². The Bertz CT molecular complexity index is 261. The normalized spacial score (nSPS) is 12.8. The van der Waals surface area contributed by atoms with Gasteiger partial charge in [0.05, 0.1) is 18.0 Å². The van der Waals surface area contributed by atoms with Crippen molar-refractivity contribution in [3.05, 3.63) is 23.5 Å². The third-order valence-corrected chi connectivity index (χ3v) is 2.08. The lowest BCUT2D eigenvalue weighted by Gasteiger charge is -2.13. The fourth-order valence-electron chi connectivity index (χ4n) is 1.23. The fourth-order valence-corrected chi connectivity index (χ4v) is 1.23. The molecule has 1 N–H and O–H groups in total. The summed E-state index contributed by atoms with van der Waals surface area (Å²) in [5.74, 6) is 0. The number of likely N-dealkylation sites (N-methyl/N-ethyl adjacent to an activating group) is 1. The Labute approximate surface area is 84.7 Å². The molecule has 78 valence electrons. The first-order valence-electron chi connectivity index (χ1n) is 4.71. The van der Waals surface area contributed by atoms with Gasteiger partial charge in [0.15, 0.2) is 0 Å². The predicted octanol–water partition coefficient (Wildman–Crippen LogP) is 0.562. The molecule has 0 aromatic carbocycles. The summed E-state index contributed by atoms with van der Waals surface area (Å²) in [5.41, 5.74) is 1.94. The van der Waals surface area contributed by atoms with Crippen molar-refractivity contribution in [2.24, 2.45) is 0 Å². The quantitative estimate of drug-likeness (QED) is 0.746. The lowest BCUT2D eigenvalue weighted by atomic mass is 10.1. The molecule has 0 aliphatic carbocycles. The van der Waals surface area contributed by atoms with Crippen LogP contribution in [-0.4, -0.2) is 37.0 Å². The van der Waals surface area contributed by atoms with Crippen molar-refractivity contribution >= 4 is 0 Å². The Morgan fingerprint density at radius 2 is 2.21 bits per heavy atom. The van der Waals surface area contributed by atoms with Crippen LogP contribution in [0.3, 0.4) is 0 Å². The zero-order chi connectivity index (χ0) is 10.4. The van der Waals surface area contributed by atoms with Gasteiger partial charge in [0.1, 0.15) is 0 Å². The number of aryl methyl sites for hydroxylation is 1. The van der Waals surface area contributed by atoms with Crippen LogP contribution in [0.25, 0.3) is 0 Å². The summed E-state index contributed by atoms with van der Waals surface area (Å²) in [7, 11) is 3.62. The average Bonchev–Trinajstić information content (AvgIpc) is 2.20. The summed E-state index contributed by atoms with van der Waals surface area (Å²) >= 11 is 0. The predicted molar refractivity (Wildman–Crippen MR) is 55.2 cm³/mol. The maximum atomic E-state index is 5.08. The molecule has 1 rings (SSSR count). The number of nitrogens with zero attached hydrogens (tertiary/aromatic N) is 2. The van der Waals surface area contributed by atoms with Crippen LogP contribution in [0.1, 0.15) is 11.4 Å². The molecule has 1 unspecified atom stereocenters. The van der Waals surface area contributed by atoms with Crippen LogP contribution in [0.4, 0.5) is 0 Å². The Balaban J connectivity index is 2.53. The van der Waals surface area contributed by atoms with Crippen LogP contribution in [0.15, 0.2) is 12.1 Å². The number of hydrogen-bond acceptors (Lipinski definition) is 4. The molecule has 14 heavy (non-hydrogen) atoms. The molecule has 0 bridgehead atoms. The molecule has 1 atom stereocenters. The Hall–Kier alpha value is -1.00. The maximum Gasteiger partial charge on any atom is 0.0647 e. The van der Waals surface area contributed by atoms with Gasteiger partial charge in [0.25, 0.3) is 0 Å². The van der Waals surface area contributed by atoms with Gasteiger partial charge in [-0.25, -0.2) is 0 Å². The second-order valence-electron chi connectivity index (χ2n) is 3.31. The molecule has 0 aliphatic heterocycles. The highest BCUT2D eigenvalue weighted by Gasteiger charge is 2.07. The number of aromatic nitrogens is 2.